The van der Waals surface area contributed by atoms with Crippen molar-refractivity contribution in [2.24, 2.45) is 0 Å². The maximum absolute atomic E-state index is 11.6. The molecular formula is C19H18N2O3. The highest BCUT2D eigenvalue weighted by molar-refractivity contribution is 5.87. The molecule has 0 saturated heterocycles. The van der Waals surface area contributed by atoms with Gasteiger partial charge in [0, 0.05) is 28.6 Å². The summed E-state index contributed by atoms with van der Waals surface area (Å²) >= 11 is 0. The van der Waals surface area contributed by atoms with Gasteiger partial charge in [0.15, 0.2) is 0 Å². The molecule has 24 heavy (non-hydrogen) atoms. The lowest BCUT2D eigenvalue weighted by atomic mass is 9.90. The Balaban J connectivity index is 1.93. The third-order valence-electron chi connectivity index (χ3n) is 4.66. The van der Waals surface area contributed by atoms with Gasteiger partial charge in [-0.25, -0.2) is 0 Å². The van der Waals surface area contributed by atoms with Crippen LogP contribution in [0.3, 0.4) is 0 Å². The molecule has 0 unspecified atom stereocenters. The number of carbonyl (C=O) groups is 1. The molecule has 3 N–H and O–H groups in total. The summed E-state index contributed by atoms with van der Waals surface area (Å²) in [5, 5.41) is 13.9. The molecule has 122 valence electrons. The van der Waals surface area contributed by atoms with E-state index < -0.39 is 12.0 Å². The van der Waals surface area contributed by atoms with Gasteiger partial charge < -0.3 is 14.8 Å². The zero-order valence-electron chi connectivity index (χ0n) is 13.2. The Hall–Kier alpha value is -2.79. The number of para-hydroxylation sites is 2. The van der Waals surface area contributed by atoms with Gasteiger partial charge >= 0.3 is 5.97 Å². The summed E-state index contributed by atoms with van der Waals surface area (Å²) in [5.74, 6) is -0.100. The van der Waals surface area contributed by atoms with E-state index in [0.29, 0.717) is 6.42 Å². The van der Waals surface area contributed by atoms with E-state index >= 15 is 0 Å². The molecule has 0 amide bonds. The third kappa shape index (κ3) is 2.25. The first-order valence-corrected chi connectivity index (χ1v) is 7.90. The van der Waals surface area contributed by atoms with E-state index in [1.807, 2.05) is 48.5 Å². The number of H-pyrrole nitrogens is 1. The molecule has 1 aliphatic heterocycles. The Kier molecular flexibility index (Phi) is 3.50. The first kappa shape index (κ1) is 14.8. The van der Waals surface area contributed by atoms with Crippen LogP contribution in [0.1, 0.15) is 22.9 Å². The predicted octanol–water partition coefficient (Wildman–Crippen LogP) is 2.86. The summed E-state index contributed by atoms with van der Waals surface area (Å²) in [6.07, 6.45) is 0.459. The number of nitrogens with one attached hydrogen (secondary N) is 2. The van der Waals surface area contributed by atoms with E-state index in [1.54, 1.807) is 7.11 Å². The van der Waals surface area contributed by atoms with Crippen molar-refractivity contribution < 1.29 is 14.6 Å². The molecule has 1 aromatic heterocycles. The van der Waals surface area contributed by atoms with E-state index in [0.717, 1.165) is 33.5 Å². The summed E-state index contributed by atoms with van der Waals surface area (Å²) in [7, 11) is 1.63. The van der Waals surface area contributed by atoms with Crippen LogP contribution in [0.4, 0.5) is 0 Å². The maximum Gasteiger partial charge on any atom is 0.321 e. The SMILES string of the molecule is COc1ccccc1[C@H]1N[C@H](C(=O)O)Cc2c1[nH]c1ccccc21. The zero-order chi connectivity index (χ0) is 16.7. The Morgan fingerprint density at radius 1 is 1.17 bits per heavy atom. The van der Waals surface area contributed by atoms with Gasteiger partial charge in [0.25, 0.3) is 0 Å². The second-order valence-corrected chi connectivity index (χ2v) is 6.00. The third-order valence-corrected chi connectivity index (χ3v) is 4.66. The quantitative estimate of drug-likeness (QED) is 0.693. The van der Waals surface area contributed by atoms with Crippen LogP contribution in [-0.4, -0.2) is 29.2 Å². The molecule has 4 rings (SSSR count). The summed E-state index contributed by atoms with van der Waals surface area (Å²) in [5.41, 5.74) is 4.03. The number of carboxylic acid groups (broad SMARTS) is 1. The second-order valence-electron chi connectivity index (χ2n) is 6.00. The fourth-order valence-corrected chi connectivity index (χ4v) is 3.54. The zero-order valence-corrected chi connectivity index (χ0v) is 13.2. The lowest BCUT2D eigenvalue weighted by Gasteiger charge is -2.30. The monoisotopic (exact) mass is 322 g/mol. The highest BCUT2D eigenvalue weighted by atomic mass is 16.5. The Bertz CT molecular complexity index is 916. The first-order valence-electron chi connectivity index (χ1n) is 7.90. The smallest absolute Gasteiger partial charge is 0.321 e. The van der Waals surface area contributed by atoms with E-state index in [1.165, 1.54) is 0 Å². The molecule has 5 heteroatoms. The van der Waals surface area contributed by atoms with Crippen LogP contribution in [0.2, 0.25) is 0 Å². The highest BCUT2D eigenvalue weighted by Crippen LogP contribution is 2.38. The molecule has 0 spiro atoms. The van der Waals surface area contributed by atoms with Gasteiger partial charge in [-0.1, -0.05) is 36.4 Å². The molecule has 0 aliphatic carbocycles. The molecular weight excluding hydrogens is 304 g/mol. The van der Waals surface area contributed by atoms with E-state index in [9.17, 15) is 9.90 Å². The van der Waals surface area contributed by atoms with E-state index in [2.05, 4.69) is 10.3 Å². The minimum atomic E-state index is -0.842. The molecule has 0 saturated carbocycles. The van der Waals surface area contributed by atoms with Crippen molar-refractivity contribution in [3.63, 3.8) is 0 Å². The molecule has 5 nitrogen and oxygen atoms in total. The average Bonchev–Trinajstić information content (AvgIpc) is 2.99. The lowest BCUT2D eigenvalue weighted by Crippen LogP contribution is -2.45. The van der Waals surface area contributed by atoms with Gasteiger partial charge in [-0.3, -0.25) is 10.1 Å². The van der Waals surface area contributed by atoms with Crippen molar-refractivity contribution in [2.45, 2.75) is 18.5 Å². The molecule has 2 atom stereocenters. The number of ether oxygens (including phenoxy) is 1. The Morgan fingerprint density at radius 2 is 1.92 bits per heavy atom. The van der Waals surface area contributed by atoms with Crippen LogP contribution in [-0.2, 0) is 11.2 Å². The first-order chi connectivity index (χ1) is 11.7. The number of fused-ring (bicyclic) bond motifs is 3. The van der Waals surface area contributed by atoms with E-state index in [-0.39, 0.29) is 6.04 Å². The van der Waals surface area contributed by atoms with Gasteiger partial charge in [-0.15, -0.1) is 0 Å². The average molecular weight is 322 g/mol. The van der Waals surface area contributed by atoms with Gasteiger partial charge in [0.1, 0.15) is 11.8 Å². The van der Waals surface area contributed by atoms with Crippen molar-refractivity contribution in [1.82, 2.24) is 10.3 Å². The van der Waals surface area contributed by atoms with Crippen molar-refractivity contribution in [3.8, 4) is 5.75 Å². The summed E-state index contributed by atoms with van der Waals surface area (Å²) in [6.45, 7) is 0. The molecule has 3 aromatic rings. The number of rotatable bonds is 3. The predicted molar refractivity (Wildman–Crippen MR) is 91.4 cm³/mol. The number of carboxylic acids is 1. The minimum absolute atomic E-state index is 0.251. The van der Waals surface area contributed by atoms with Crippen LogP contribution < -0.4 is 10.1 Å². The summed E-state index contributed by atoms with van der Waals surface area (Å²) in [4.78, 5) is 15.1. The molecule has 2 heterocycles. The topological polar surface area (TPSA) is 74.3 Å². The van der Waals surface area contributed by atoms with E-state index in [4.69, 9.17) is 4.74 Å². The molecule has 1 aliphatic rings. The van der Waals surface area contributed by atoms with Crippen LogP contribution in [0.5, 0.6) is 5.75 Å². The fraction of sp³-hybridized carbons (Fsp3) is 0.211. The molecule has 0 fully saturated rings. The van der Waals surface area contributed by atoms with Crippen molar-refractivity contribution in [1.29, 1.82) is 0 Å². The number of hydrogen-bond acceptors (Lipinski definition) is 3. The fourth-order valence-electron chi connectivity index (χ4n) is 3.54. The maximum atomic E-state index is 11.6. The number of aromatic amines is 1. The number of hydrogen-bond donors (Lipinski definition) is 3. The minimum Gasteiger partial charge on any atom is -0.496 e. The Labute approximate surface area is 139 Å². The van der Waals surface area contributed by atoms with Gasteiger partial charge in [0.05, 0.1) is 13.2 Å². The van der Waals surface area contributed by atoms with Gasteiger partial charge in [-0.05, 0) is 17.7 Å². The molecule has 0 radical (unpaired) electrons. The normalized spacial score (nSPS) is 19.9. The summed E-state index contributed by atoms with van der Waals surface area (Å²) in [6, 6.07) is 14.8. The largest absolute Gasteiger partial charge is 0.496 e. The van der Waals surface area contributed by atoms with Crippen LogP contribution >= 0.6 is 0 Å². The van der Waals surface area contributed by atoms with Gasteiger partial charge in [0.2, 0.25) is 0 Å². The van der Waals surface area contributed by atoms with Crippen molar-refractivity contribution >= 4 is 16.9 Å². The van der Waals surface area contributed by atoms with Crippen molar-refractivity contribution in [3.05, 3.63) is 65.4 Å². The number of benzene rings is 2. The standard InChI is InChI=1S/C19H18N2O3/c1-24-16-9-5-3-7-12(16)17-18-13(10-15(21-17)19(22)23)11-6-2-4-8-14(11)20-18/h2-9,15,17,20-21H,10H2,1H3,(H,22,23)/t15-,17+/m0/s1. The van der Waals surface area contributed by atoms with Gasteiger partial charge in [-0.2, -0.15) is 0 Å². The molecule has 2 aromatic carbocycles. The van der Waals surface area contributed by atoms with Crippen LogP contribution in [0.25, 0.3) is 10.9 Å². The van der Waals surface area contributed by atoms with Crippen LogP contribution in [0.15, 0.2) is 48.5 Å². The van der Waals surface area contributed by atoms with Crippen LogP contribution in [0, 0.1) is 0 Å². The highest BCUT2D eigenvalue weighted by Gasteiger charge is 2.34. The second kappa shape index (κ2) is 5.69. The number of methoxy groups -OCH3 is 1. The molecule has 0 bridgehead atoms. The number of aliphatic carboxylic acids is 1. The van der Waals surface area contributed by atoms with Crippen molar-refractivity contribution in [2.75, 3.05) is 7.11 Å². The summed E-state index contributed by atoms with van der Waals surface area (Å²) < 4.78 is 5.48. The Morgan fingerprint density at radius 3 is 2.71 bits per heavy atom. The number of aromatic nitrogens is 1. The lowest BCUT2D eigenvalue weighted by molar-refractivity contribution is -0.139.